The van der Waals surface area contributed by atoms with Crippen molar-refractivity contribution >= 4 is 28.5 Å². The topological polar surface area (TPSA) is 54.9 Å². The van der Waals surface area contributed by atoms with Crippen molar-refractivity contribution in [1.29, 1.82) is 0 Å². The second-order valence-corrected chi connectivity index (χ2v) is 6.45. The van der Waals surface area contributed by atoms with Gasteiger partial charge in [-0.25, -0.2) is 4.98 Å². The zero-order chi connectivity index (χ0) is 17.6. The van der Waals surface area contributed by atoms with Crippen LogP contribution in [0, 0.1) is 0 Å². The number of rotatable bonds is 5. The molecule has 2 aromatic rings. The molecule has 1 aliphatic rings. The lowest BCUT2D eigenvalue weighted by Crippen LogP contribution is -2.48. The van der Waals surface area contributed by atoms with Crippen LogP contribution in [0.1, 0.15) is 5.56 Å². The molecule has 0 N–H and O–H groups in total. The molecule has 1 saturated heterocycles. The maximum Gasteiger partial charge on any atom is 0.246 e. The van der Waals surface area contributed by atoms with E-state index in [1.54, 1.807) is 37.7 Å². The number of amides is 1. The minimum absolute atomic E-state index is 0.0218. The Hall–Kier alpha value is -2.54. The number of aromatic nitrogens is 1. The van der Waals surface area contributed by atoms with Crippen molar-refractivity contribution in [3.8, 4) is 11.5 Å². The quantitative estimate of drug-likeness (QED) is 0.768. The average Bonchev–Trinajstić information content (AvgIpc) is 3.20. The summed E-state index contributed by atoms with van der Waals surface area (Å²) in [6.07, 6.45) is 5.22. The van der Waals surface area contributed by atoms with Crippen molar-refractivity contribution in [2.24, 2.45) is 0 Å². The van der Waals surface area contributed by atoms with E-state index in [9.17, 15) is 4.79 Å². The summed E-state index contributed by atoms with van der Waals surface area (Å²) >= 11 is 1.63. The third kappa shape index (κ3) is 4.11. The van der Waals surface area contributed by atoms with Crippen LogP contribution in [0.4, 0.5) is 5.13 Å². The zero-order valence-electron chi connectivity index (χ0n) is 14.3. The number of nitrogens with zero attached hydrogens (tertiary/aromatic N) is 3. The molecule has 0 radical (unpaired) electrons. The predicted molar refractivity (Wildman–Crippen MR) is 99.5 cm³/mol. The van der Waals surface area contributed by atoms with E-state index in [0.717, 1.165) is 23.8 Å². The summed E-state index contributed by atoms with van der Waals surface area (Å²) in [7, 11) is 3.20. The van der Waals surface area contributed by atoms with E-state index in [4.69, 9.17) is 9.47 Å². The number of piperazine rings is 1. The largest absolute Gasteiger partial charge is 0.493 e. The minimum atomic E-state index is 0.0218. The molecule has 1 aromatic carbocycles. The van der Waals surface area contributed by atoms with Gasteiger partial charge in [0.1, 0.15) is 0 Å². The minimum Gasteiger partial charge on any atom is -0.493 e. The first kappa shape index (κ1) is 17.3. The smallest absolute Gasteiger partial charge is 0.246 e. The standard InChI is InChI=1S/C18H21N3O3S/c1-23-15-5-3-14(13-16(15)24-2)4-6-17(22)20-8-10-21(11-9-20)18-19-7-12-25-18/h3-7,12-13H,8-11H2,1-2H3. The first-order valence-electron chi connectivity index (χ1n) is 8.04. The summed E-state index contributed by atoms with van der Waals surface area (Å²) in [6.45, 7) is 3.02. The van der Waals surface area contributed by atoms with Crippen LogP contribution >= 0.6 is 11.3 Å². The number of thiazole rings is 1. The number of carbonyl (C=O) groups excluding carboxylic acids is 1. The van der Waals surface area contributed by atoms with Gasteiger partial charge < -0.3 is 19.3 Å². The molecule has 25 heavy (non-hydrogen) atoms. The van der Waals surface area contributed by atoms with E-state index >= 15 is 0 Å². The molecule has 0 bridgehead atoms. The molecule has 0 unspecified atom stereocenters. The van der Waals surface area contributed by atoms with Gasteiger partial charge in [0, 0.05) is 43.8 Å². The first-order chi connectivity index (χ1) is 12.2. The van der Waals surface area contributed by atoms with Crippen LogP contribution in [-0.4, -0.2) is 56.2 Å². The van der Waals surface area contributed by atoms with Gasteiger partial charge in [-0.3, -0.25) is 4.79 Å². The third-order valence-corrected chi connectivity index (χ3v) is 4.94. The van der Waals surface area contributed by atoms with Crippen molar-refractivity contribution in [1.82, 2.24) is 9.88 Å². The van der Waals surface area contributed by atoms with Gasteiger partial charge in [-0.15, -0.1) is 11.3 Å². The van der Waals surface area contributed by atoms with Gasteiger partial charge in [0.05, 0.1) is 14.2 Å². The van der Waals surface area contributed by atoms with Gasteiger partial charge >= 0.3 is 0 Å². The van der Waals surface area contributed by atoms with Gasteiger partial charge in [-0.1, -0.05) is 6.07 Å². The summed E-state index contributed by atoms with van der Waals surface area (Å²) < 4.78 is 10.5. The van der Waals surface area contributed by atoms with Gasteiger partial charge in [0.15, 0.2) is 16.6 Å². The second-order valence-electron chi connectivity index (χ2n) is 5.57. The summed E-state index contributed by atoms with van der Waals surface area (Å²) in [5.41, 5.74) is 0.896. The molecule has 0 atom stereocenters. The average molecular weight is 359 g/mol. The molecule has 1 aromatic heterocycles. The maximum atomic E-state index is 12.4. The van der Waals surface area contributed by atoms with E-state index in [-0.39, 0.29) is 5.91 Å². The van der Waals surface area contributed by atoms with E-state index in [1.807, 2.05) is 34.7 Å². The van der Waals surface area contributed by atoms with Crippen molar-refractivity contribution in [2.45, 2.75) is 0 Å². The van der Waals surface area contributed by atoms with Gasteiger partial charge in [0.2, 0.25) is 5.91 Å². The van der Waals surface area contributed by atoms with E-state index < -0.39 is 0 Å². The molecule has 3 rings (SSSR count). The van der Waals surface area contributed by atoms with Crippen LogP contribution in [-0.2, 0) is 4.79 Å². The molecular formula is C18H21N3O3S. The number of carbonyl (C=O) groups is 1. The third-order valence-electron chi connectivity index (χ3n) is 4.11. The molecule has 0 aliphatic carbocycles. The van der Waals surface area contributed by atoms with Crippen LogP contribution in [0.25, 0.3) is 6.08 Å². The Balaban J connectivity index is 1.58. The Morgan fingerprint density at radius 1 is 1.16 bits per heavy atom. The first-order valence-corrected chi connectivity index (χ1v) is 8.92. The summed E-state index contributed by atoms with van der Waals surface area (Å²) in [4.78, 5) is 20.8. The lowest BCUT2D eigenvalue weighted by atomic mass is 10.2. The molecule has 132 valence electrons. The van der Waals surface area contributed by atoms with Crippen LogP contribution in [0.2, 0.25) is 0 Å². The van der Waals surface area contributed by atoms with Gasteiger partial charge in [0.25, 0.3) is 0 Å². The molecule has 7 heteroatoms. The maximum absolute atomic E-state index is 12.4. The second kappa shape index (κ2) is 8.02. The Morgan fingerprint density at radius 3 is 2.56 bits per heavy atom. The SMILES string of the molecule is COc1ccc(C=CC(=O)N2CCN(c3nccs3)CC2)cc1OC. The van der Waals surface area contributed by atoms with E-state index in [0.29, 0.717) is 24.6 Å². The Bertz CT molecular complexity index is 738. The Kier molecular flexibility index (Phi) is 5.55. The fraction of sp³-hybridized carbons (Fsp3) is 0.333. The van der Waals surface area contributed by atoms with Crippen LogP contribution in [0.15, 0.2) is 35.9 Å². The highest BCUT2D eigenvalue weighted by atomic mass is 32.1. The highest BCUT2D eigenvalue weighted by Gasteiger charge is 2.20. The van der Waals surface area contributed by atoms with Crippen LogP contribution < -0.4 is 14.4 Å². The summed E-state index contributed by atoms with van der Waals surface area (Å²) in [6, 6.07) is 5.57. The lowest BCUT2D eigenvalue weighted by molar-refractivity contribution is -0.126. The normalized spacial score (nSPS) is 14.8. The van der Waals surface area contributed by atoms with Crippen molar-refractivity contribution in [3.05, 3.63) is 41.4 Å². The van der Waals surface area contributed by atoms with Crippen molar-refractivity contribution in [2.75, 3.05) is 45.3 Å². The van der Waals surface area contributed by atoms with Gasteiger partial charge in [-0.2, -0.15) is 0 Å². The van der Waals surface area contributed by atoms with E-state index in [1.165, 1.54) is 0 Å². The fourth-order valence-electron chi connectivity index (χ4n) is 2.72. The van der Waals surface area contributed by atoms with Crippen molar-refractivity contribution in [3.63, 3.8) is 0 Å². The number of benzene rings is 1. The molecule has 2 heterocycles. The number of ether oxygens (including phenoxy) is 2. The highest BCUT2D eigenvalue weighted by Crippen LogP contribution is 2.28. The Morgan fingerprint density at radius 2 is 1.92 bits per heavy atom. The van der Waals surface area contributed by atoms with Crippen molar-refractivity contribution < 1.29 is 14.3 Å². The lowest BCUT2D eigenvalue weighted by Gasteiger charge is -2.34. The fourth-order valence-corrected chi connectivity index (χ4v) is 3.42. The summed E-state index contributed by atoms with van der Waals surface area (Å²) in [5, 5.41) is 2.99. The molecule has 6 nitrogen and oxygen atoms in total. The van der Waals surface area contributed by atoms with E-state index in [2.05, 4.69) is 9.88 Å². The monoisotopic (exact) mass is 359 g/mol. The zero-order valence-corrected chi connectivity index (χ0v) is 15.2. The molecule has 0 saturated carbocycles. The molecule has 1 fully saturated rings. The molecular weight excluding hydrogens is 338 g/mol. The Labute approximate surface area is 151 Å². The number of methoxy groups -OCH3 is 2. The number of hydrogen-bond acceptors (Lipinski definition) is 6. The van der Waals surface area contributed by atoms with Crippen LogP contribution in [0.5, 0.6) is 11.5 Å². The summed E-state index contributed by atoms with van der Waals surface area (Å²) in [5.74, 6) is 1.34. The molecule has 1 amide bonds. The predicted octanol–water partition coefficient (Wildman–Crippen LogP) is 2.52. The molecule has 1 aliphatic heterocycles. The van der Waals surface area contributed by atoms with Gasteiger partial charge in [-0.05, 0) is 23.8 Å². The number of hydrogen-bond donors (Lipinski definition) is 0. The van der Waals surface area contributed by atoms with Crippen LogP contribution in [0.3, 0.4) is 0 Å². The molecule has 0 spiro atoms. The highest BCUT2D eigenvalue weighted by molar-refractivity contribution is 7.13. The number of anilines is 1.